The van der Waals surface area contributed by atoms with Gasteiger partial charge in [0, 0.05) is 5.75 Å². The summed E-state index contributed by atoms with van der Waals surface area (Å²) in [6, 6.07) is 0. The lowest BCUT2D eigenvalue weighted by Crippen LogP contribution is -1.96. The van der Waals surface area contributed by atoms with Crippen LogP contribution in [0.15, 0.2) is 0 Å². The van der Waals surface area contributed by atoms with E-state index in [1.807, 2.05) is 0 Å². The zero-order valence-electron chi connectivity index (χ0n) is 4.48. The predicted molar refractivity (Wildman–Crippen MR) is 33.7 cm³/mol. The van der Waals surface area contributed by atoms with E-state index in [9.17, 15) is 8.42 Å². The van der Waals surface area contributed by atoms with E-state index in [-0.39, 0.29) is 6.10 Å². The topological polar surface area (TPSA) is 66.9 Å². The summed E-state index contributed by atoms with van der Waals surface area (Å²) in [6.07, 6.45) is 0.0388. The Bertz CT molecular complexity index is 180. The SMILES string of the molecule is O=S(=O)(O)SCC1CO1. The third-order valence-corrected chi connectivity index (χ3v) is 2.91. The lowest BCUT2D eigenvalue weighted by Gasteiger charge is -1.89. The molecule has 1 saturated heterocycles. The van der Waals surface area contributed by atoms with Crippen molar-refractivity contribution in [2.75, 3.05) is 12.4 Å². The molecule has 0 saturated carbocycles. The molecule has 0 aliphatic carbocycles. The number of ether oxygens (including phenoxy) is 1. The molecule has 0 spiro atoms. The number of hydrogen-bond donors (Lipinski definition) is 1. The highest BCUT2D eigenvalue weighted by Gasteiger charge is 2.24. The Morgan fingerprint density at radius 1 is 1.78 bits per heavy atom. The van der Waals surface area contributed by atoms with Crippen LogP contribution in [0.1, 0.15) is 0 Å². The third kappa shape index (κ3) is 3.74. The van der Waals surface area contributed by atoms with Gasteiger partial charge in [0.2, 0.25) is 0 Å². The second-order valence-electron chi connectivity index (χ2n) is 1.67. The van der Waals surface area contributed by atoms with Gasteiger partial charge in [0.05, 0.1) is 12.7 Å². The quantitative estimate of drug-likeness (QED) is 0.364. The number of rotatable bonds is 3. The zero-order chi connectivity index (χ0) is 6.91. The first-order valence-corrected chi connectivity index (χ1v) is 5.25. The molecule has 54 valence electrons. The molecular weight excluding hydrogens is 164 g/mol. The van der Waals surface area contributed by atoms with Crippen molar-refractivity contribution in [2.24, 2.45) is 0 Å². The van der Waals surface area contributed by atoms with Gasteiger partial charge in [-0.1, -0.05) is 0 Å². The Morgan fingerprint density at radius 2 is 2.33 bits per heavy atom. The smallest absolute Gasteiger partial charge is 0.319 e. The summed E-state index contributed by atoms with van der Waals surface area (Å²) in [4.78, 5) is 0. The predicted octanol–water partition coefficient (Wildman–Crippen LogP) is -0.0788. The van der Waals surface area contributed by atoms with Crippen LogP contribution in [0.5, 0.6) is 0 Å². The minimum atomic E-state index is -3.84. The van der Waals surface area contributed by atoms with Gasteiger partial charge in [-0.25, -0.2) is 0 Å². The Labute approximate surface area is 56.7 Å². The van der Waals surface area contributed by atoms with Crippen LogP contribution in [-0.2, 0) is 13.9 Å². The molecule has 0 radical (unpaired) electrons. The first-order valence-electron chi connectivity index (χ1n) is 2.31. The maximum Gasteiger partial charge on any atom is 0.319 e. The maximum absolute atomic E-state index is 10.0. The van der Waals surface area contributed by atoms with E-state index < -0.39 is 9.15 Å². The van der Waals surface area contributed by atoms with Crippen molar-refractivity contribution >= 4 is 19.9 Å². The number of hydrogen-bond acceptors (Lipinski definition) is 4. The van der Waals surface area contributed by atoms with E-state index in [0.29, 0.717) is 23.2 Å². The van der Waals surface area contributed by atoms with Crippen molar-refractivity contribution in [3.8, 4) is 0 Å². The summed E-state index contributed by atoms with van der Waals surface area (Å²) >= 11 is 0. The fourth-order valence-electron chi connectivity index (χ4n) is 0.326. The average Bonchev–Trinajstić information content (AvgIpc) is 2.38. The molecule has 0 bridgehead atoms. The summed E-state index contributed by atoms with van der Waals surface area (Å²) < 4.78 is 32.9. The molecule has 9 heavy (non-hydrogen) atoms. The van der Waals surface area contributed by atoms with Gasteiger partial charge in [0.15, 0.2) is 0 Å². The van der Waals surface area contributed by atoms with Crippen LogP contribution >= 0.6 is 10.8 Å². The molecular formula is C3H6O4S2. The van der Waals surface area contributed by atoms with Crippen LogP contribution in [0.3, 0.4) is 0 Å². The Kier molecular flexibility index (Phi) is 2.00. The van der Waals surface area contributed by atoms with Crippen LogP contribution in [0.4, 0.5) is 0 Å². The van der Waals surface area contributed by atoms with Crippen LogP contribution in [0, 0.1) is 0 Å². The molecule has 1 atom stereocenters. The minimum absolute atomic E-state index is 0.0388. The molecule has 1 aliphatic heterocycles. The molecule has 1 fully saturated rings. The molecule has 0 aromatic rings. The largest absolute Gasteiger partial charge is 0.372 e. The van der Waals surface area contributed by atoms with Gasteiger partial charge < -0.3 is 4.74 Å². The standard InChI is InChI=1S/C3H6O4S2/c4-9(5,6)8-2-3-1-7-3/h3H,1-2H2,(H,4,5,6). The monoisotopic (exact) mass is 170 g/mol. The first-order chi connectivity index (χ1) is 4.08. The highest BCUT2D eigenvalue weighted by molar-refractivity contribution is 8.69. The van der Waals surface area contributed by atoms with Crippen molar-refractivity contribution in [1.29, 1.82) is 0 Å². The summed E-state index contributed by atoms with van der Waals surface area (Å²) in [7, 11) is -3.34. The normalized spacial score (nSPS) is 26.1. The molecule has 4 nitrogen and oxygen atoms in total. The van der Waals surface area contributed by atoms with Crippen molar-refractivity contribution in [2.45, 2.75) is 6.10 Å². The Balaban J connectivity index is 2.18. The van der Waals surface area contributed by atoms with Crippen molar-refractivity contribution < 1.29 is 17.7 Å². The number of epoxide rings is 1. The third-order valence-electron chi connectivity index (χ3n) is 0.805. The Morgan fingerprint density at radius 3 is 2.67 bits per heavy atom. The van der Waals surface area contributed by atoms with E-state index >= 15 is 0 Å². The Hall–Kier alpha value is 0.220. The zero-order valence-corrected chi connectivity index (χ0v) is 6.11. The average molecular weight is 170 g/mol. The fraction of sp³-hybridized carbons (Fsp3) is 1.00. The summed E-state index contributed by atoms with van der Waals surface area (Å²) in [5, 5.41) is 0. The van der Waals surface area contributed by atoms with E-state index in [1.54, 1.807) is 0 Å². The van der Waals surface area contributed by atoms with E-state index in [1.165, 1.54) is 0 Å². The van der Waals surface area contributed by atoms with Crippen molar-refractivity contribution in [1.82, 2.24) is 0 Å². The second kappa shape index (κ2) is 2.45. The summed E-state index contributed by atoms with van der Waals surface area (Å²) in [5.41, 5.74) is 0. The van der Waals surface area contributed by atoms with Crippen molar-refractivity contribution in [3.63, 3.8) is 0 Å². The summed E-state index contributed by atoms with van der Waals surface area (Å²) in [6.45, 7) is 0.614. The van der Waals surface area contributed by atoms with Gasteiger partial charge in [-0.3, -0.25) is 4.55 Å². The molecule has 0 amide bonds. The lowest BCUT2D eigenvalue weighted by molar-refractivity contribution is 0.426. The van der Waals surface area contributed by atoms with Crippen LogP contribution in [0.2, 0.25) is 0 Å². The molecule has 1 N–H and O–H groups in total. The van der Waals surface area contributed by atoms with Crippen LogP contribution < -0.4 is 0 Å². The van der Waals surface area contributed by atoms with Gasteiger partial charge >= 0.3 is 9.15 Å². The van der Waals surface area contributed by atoms with Gasteiger partial charge in [0.25, 0.3) is 0 Å². The fourth-order valence-corrected chi connectivity index (χ4v) is 1.81. The molecule has 0 aromatic heterocycles. The highest BCUT2D eigenvalue weighted by atomic mass is 33.1. The van der Waals surface area contributed by atoms with Gasteiger partial charge in [0.1, 0.15) is 0 Å². The second-order valence-corrected chi connectivity index (χ2v) is 5.06. The molecule has 1 rings (SSSR count). The van der Waals surface area contributed by atoms with Gasteiger partial charge in [-0.2, -0.15) is 8.42 Å². The first kappa shape index (κ1) is 7.33. The highest BCUT2D eigenvalue weighted by Crippen LogP contribution is 2.19. The molecule has 6 heteroatoms. The maximum atomic E-state index is 10.0. The van der Waals surface area contributed by atoms with Gasteiger partial charge in [-0.15, -0.1) is 0 Å². The van der Waals surface area contributed by atoms with Crippen LogP contribution in [0.25, 0.3) is 0 Å². The molecule has 1 heterocycles. The van der Waals surface area contributed by atoms with E-state index in [4.69, 9.17) is 9.29 Å². The van der Waals surface area contributed by atoms with Crippen molar-refractivity contribution in [3.05, 3.63) is 0 Å². The summed E-state index contributed by atoms with van der Waals surface area (Å²) in [5.74, 6) is 0.332. The van der Waals surface area contributed by atoms with Gasteiger partial charge in [-0.05, 0) is 10.8 Å². The minimum Gasteiger partial charge on any atom is -0.372 e. The molecule has 0 aromatic carbocycles. The van der Waals surface area contributed by atoms with E-state index in [2.05, 4.69) is 0 Å². The van der Waals surface area contributed by atoms with E-state index in [0.717, 1.165) is 0 Å². The molecule has 1 aliphatic rings. The molecule has 1 unspecified atom stereocenters. The lowest BCUT2D eigenvalue weighted by atomic mass is 10.6. The van der Waals surface area contributed by atoms with Crippen LogP contribution in [-0.4, -0.2) is 31.4 Å².